The van der Waals surface area contributed by atoms with Crippen LogP contribution in [-0.2, 0) is 24.1 Å². The first-order valence-electron chi connectivity index (χ1n) is 12.3. The highest BCUT2D eigenvalue weighted by Gasteiger charge is 2.32. The van der Waals surface area contributed by atoms with E-state index in [-0.39, 0.29) is 5.92 Å². The number of aryl methyl sites for hydroxylation is 2. The van der Waals surface area contributed by atoms with Gasteiger partial charge in [-0.3, -0.25) is 9.78 Å². The van der Waals surface area contributed by atoms with Crippen LogP contribution in [0.25, 0.3) is 16.9 Å². The minimum atomic E-state index is -0.678. The van der Waals surface area contributed by atoms with Gasteiger partial charge in [0.25, 0.3) is 0 Å². The van der Waals surface area contributed by atoms with Gasteiger partial charge in [0.05, 0.1) is 17.9 Å². The summed E-state index contributed by atoms with van der Waals surface area (Å²) in [4.78, 5) is 22.6. The maximum Gasteiger partial charge on any atom is 0.309 e. The van der Waals surface area contributed by atoms with E-state index < -0.39 is 5.97 Å². The third kappa shape index (κ3) is 4.39. The lowest BCUT2D eigenvalue weighted by Crippen LogP contribution is -2.50. The number of carboxylic acids is 1. The van der Waals surface area contributed by atoms with Crippen LogP contribution in [0.15, 0.2) is 37.1 Å². The standard InChI is InChI=1S/C28H34N4O2/c1-18-9-22(10-19(2)23(18)6-8-31-14-21(15-31)27(33)34)32-16-26(30-17-32)25-13-29-12-20-11-28(3,4)7-5-24(20)25/h9-10,12-13,16-17,21H,5-8,11,14-15H2,1-4H3,(H,33,34). The molecular weight excluding hydrogens is 424 g/mol. The highest BCUT2D eigenvalue weighted by Crippen LogP contribution is 2.38. The van der Waals surface area contributed by atoms with Gasteiger partial charge in [0.1, 0.15) is 0 Å². The normalized spacial score (nSPS) is 17.9. The molecule has 1 aliphatic carbocycles. The Kier molecular flexibility index (Phi) is 5.80. The van der Waals surface area contributed by atoms with Gasteiger partial charge < -0.3 is 14.6 Å². The number of likely N-dealkylation sites (tertiary alicyclic amines) is 1. The van der Waals surface area contributed by atoms with Gasteiger partial charge in [-0.15, -0.1) is 0 Å². The number of rotatable bonds is 6. The van der Waals surface area contributed by atoms with Crippen LogP contribution in [0, 0.1) is 25.2 Å². The molecule has 1 fully saturated rings. The quantitative estimate of drug-likeness (QED) is 0.583. The average Bonchev–Trinajstić information content (AvgIpc) is 3.22. The molecule has 0 saturated carbocycles. The molecule has 34 heavy (non-hydrogen) atoms. The Balaban J connectivity index is 1.34. The lowest BCUT2D eigenvalue weighted by molar-refractivity contribution is -0.147. The summed E-state index contributed by atoms with van der Waals surface area (Å²) in [6.45, 7) is 11.2. The number of fused-ring (bicyclic) bond motifs is 1. The topological polar surface area (TPSA) is 71.2 Å². The fourth-order valence-electron chi connectivity index (χ4n) is 5.56. The Morgan fingerprint density at radius 3 is 2.62 bits per heavy atom. The maximum absolute atomic E-state index is 11.0. The van der Waals surface area contributed by atoms with Crippen molar-refractivity contribution >= 4 is 5.97 Å². The van der Waals surface area contributed by atoms with Gasteiger partial charge in [0.15, 0.2) is 0 Å². The van der Waals surface area contributed by atoms with Crippen LogP contribution in [0.1, 0.15) is 48.1 Å². The number of aromatic nitrogens is 3. The Bertz CT molecular complexity index is 1210. The molecule has 0 unspecified atom stereocenters. The molecule has 178 valence electrons. The number of benzene rings is 1. The molecule has 2 aliphatic rings. The van der Waals surface area contributed by atoms with Crippen LogP contribution in [0.4, 0.5) is 0 Å². The number of imidazole rings is 1. The van der Waals surface area contributed by atoms with Crippen LogP contribution < -0.4 is 0 Å². The summed E-state index contributed by atoms with van der Waals surface area (Å²) < 4.78 is 2.11. The molecule has 0 bridgehead atoms. The van der Waals surface area contributed by atoms with Crippen LogP contribution in [0.5, 0.6) is 0 Å². The molecule has 0 radical (unpaired) electrons. The van der Waals surface area contributed by atoms with Crippen molar-refractivity contribution in [3.05, 3.63) is 64.9 Å². The molecule has 0 atom stereocenters. The number of nitrogens with zero attached hydrogens (tertiary/aromatic N) is 4. The zero-order chi connectivity index (χ0) is 24.0. The van der Waals surface area contributed by atoms with Gasteiger partial charge in [-0.25, -0.2) is 4.98 Å². The van der Waals surface area contributed by atoms with Crippen molar-refractivity contribution in [3.63, 3.8) is 0 Å². The number of hydrogen-bond acceptors (Lipinski definition) is 4. The Morgan fingerprint density at radius 1 is 1.18 bits per heavy atom. The van der Waals surface area contributed by atoms with Crippen LogP contribution in [-0.4, -0.2) is 50.1 Å². The minimum absolute atomic E-state index is 0.197. The number of carbonyl (C=O) groups is 1. The van der Waals surface area contributed by atoms with Gasteiger partial charge >= 0.3 is 5.97 Å². The van der Waals surface area contributed by atoms with E-state index in [2.05, 4.69) is 60.5 Å². The van der Waals surface area contributed by atoms with E-state index in [0.29, 0.717) is 18.5 Å². The number of hydrogen-bond donors (Lipinski definition) is 1. The Labute approximate surface area is 201 Å². The minimum Gasteiger partial charge on any atom is -0.481 e. The van der Waals surface area contributed by atoms with Crippen LogP contribution >= 0.6 is 0 Å². The maximum atomic E-state index is 11.0. The first kappa shape index (κ1) is 22.8. The second-order valence-electron chi connectivity index (χ2n) is 10.9. The summed E-state index contributed by atoms with van der Waals surface area (Å²) in [7, 11) is 0. The third-order valence-electron chi connectivity index (χ3n) is 7.69. The molecule has 6 heteroatoms. The molecule has 6 nitrogen and oxygen atoms in total. The molecule has 1 N–H and O–H groups in total. The van der Waals surface area contributed by atoms with E-state index >= 15 is 0 Å². The molecule has 1 aliphatic heterocycles. The Hall–Kier alpha value is -2.99. The van der Waals surface area contributed by atoms with Gasteiger partial charge in [0.2, 0.25) is 0 Å². The summed E-state index contributed by atoms with van der Waals surface area (Å²) >= 11 is 0. The molecule has 1 aromatic carbocycles. The van der Waals surface area contributed by atoms with Crippen molar-refractivity contribution in [1.82, 2.24) is 19.4 Å². The average molecular weight is 459 g/mol. The zero-order valence-corrected chi connectivity index (χ0v) is 20.6. The molecule has 3 aromatic rings. The van der Waals surface area contributed by atoms with Crippen molar-refractivity contribution < 1.29 is 9.90 Å². The zero-order valence-electron chi connectivity index (χ0n) is 20.6. The van der Waals surface area contributed by atoms with Crippen molar-refractivity contribution in [3.8, 4) is 16.9 Å². The summed E-state index contributed by atoms with van der Waals surface area (Å²) in [5.74, 6) is -0.875. The summed E-state index contributed by atoms with van der Waals surface area (Å²) in [6, 6.07) is 4.45. The predicted octanol–water partition coefficient (Wildman–Crippen LogP) is 4.62. The summed E-state index contributed by atoms with van der Waals surface area (Å²) in [5, 5.41) is 9.08. The number of pyridine rings is 1. The highest BCUT2D eigenvalue weighted by atomic mass is 16.4. The smallest absolute Gasteiger partial charge is 0.309 e. The third-order valence-corrected chi connectivity index (χ3v) is 7.69. The van der Waals surface area contributed by atoms with E-state index in [9.17, 15) is 4.79 Å². The van der Waals surface area contributed by atoms with Crippen molar-refractivity contribution in [1.29, 1.82) is 0 Å². The molecule has 3 heterocycles. The van der Waals surface area contributed by atoms with Crippen molar-refractivity contribution in [2.75, 3.05) is 19.6 Å². The van der Waals surface area contributed by atoms with Crippen LogP contribution in [0.3, 0.4) is 0 Å². The lowest BCUT2D eigenvalue weighted by Gasteiger charge is -2.36. The number of carboxylic acid groups (broad SMARTS) is 1. The summed E-state index contributed by atoms with van der Waals surface area (Å²) in [5.41, 5.74) is 10.2. The van der Waals surface area contributed by atoms with Crippen LogP contribution in [0.2, 0.25) is 0 Å². The molecule has 1 saturated heterocycles. The van der Waals surface area contributed by atoms with Gasteiger partial charge in [-0.1, -0.05) is 13.8 Å². The lowest BCUT2D eigenvalue weighted by atomic mass is 9.74. The van der Waals surface area contributed by atoms with Gasteiger partial charge in [-0.05, 0) is 84.9 Å². The molecule has 5 rings (SSSR count). The predicted molar refractivity (Wildman–Crippen MR) is 133 cm³/mol. The van der Waals surface area contributed by atoms with E-state index in [1.165, 1.54) is 34.2 Å². The fourth-order valence-corrected chi connectivity index (χ4v) is 5.56. The second-order valence-corrected chi connectivity index (χ2v) is 10.9. The molecule has 2 aromatic heterocycles. The van der Waals surface area contributed by atoms with Crippen molar-refractivity contribution in [2.24, 2.45) is 11.3 Å². The summed E-state index contributed by atoms with van der Waals surface area (Å²) in [6.07, 6.45) is 12.3. The van der Waals surface area contributed by atoms with E-state index in [1.807, 2.05) is 18.7 Å². The second kappa shape index (κ2) is 8.66. The van der Waals surface area contributed by atoms with E-state index in [4.69, 9.17) is 10.1 Å². The first-order valence-corrected chi connectivity index (χ1v) is 12.3. The largest absolute Gasteiger partial charge is 0.481 e. The van der Waals surface area contributed by atoms with E-state index in [1.54, 1.807) is 0 Å². The first-order chi connectivity index (χ1) is 16.2. The van der Waals surface area contributed by atoms with E-state index in [0.717, 1.165) is 42.8 Å². The fraction of sp³-hybridized carbons (Fsp3) is 0.464. The SMILES string of the molecule is Cc1cc(-n2cnc(-c3cncc4c3CCC(C)(C)C4)c2)cc(C)c1CCN1CC(C(=O)O)C1. The Morgan fingerprint density at radius 2 is 1.91 bits per heavy atom. The van der Waals surface area contributed by atoms with Gasteiger partial charge in [0, 0.05) is 49.5 Å². The highest BCUT2D eigenvalue weighted by molar-refractivity contribution is 5.71. The molecule has 0 amide bonds. The molecule has 0 spiro atoms. The van der Waals surface area contributed by atoms with Gasteiger partial charge in [-0.2, -0.15) is 0 Å². The van der Waals surface area contributed by atoms with Crippen molar-refractivity contribution in [2.45, 2.75) is 53.4 Å². The molecular formula is C28H34N4O2. The number of aliphatic carboxylic acids is 1. The monoisotopic (exact) mass is 458 g/mol.